The van der Waals surface area contributed by atoms with Crippen LogP contribution in [0.3, 0.4) is 0 Å². The van der Waals surface area contributed by atoms with Crippen molar-refractivity contribution in [2.24, 2.45) is 5.10 Å². The van der Waals surface area contributed by atoms with E-state index in [0.717, 1.165) is 98.1 Å². The van der Waals surface area contributed by atoms with Crippen molar-refractivity contribution < 1.29 is 14.7 Å². The van der Waals surface area contributed by atoms with E-state index in [1.54, 1.807) is 29.5 Å². The number of carboxylic acid groups (broad SMARTS) is 1. The van der Waals surface area contributed by atoms with E-state index in [-0.39, 0.29) is 22.1 Å². The van der Waals surface area contributed by atoms with Gasteiger partial charge in [-0.05, 0) is 155 Å². The smallest absolute Gasteiger partial charge is 0.357 e. The molecule has 7 heteroatoms. The van der Waals surface area contributed by atoms with Gasteiger partial charge in [0, 0.05) is 37.6 Å². The normalized spacial score (nSPS) is 15.2. The number of thiophene rings is 1. The third-order valence-electron chi connectivity index (χ3n) is 16.7. The maximum absolute atomic E-state index is 13.9. The molecular weight excluding hydrogens is 951 g/mol. The number of unbranched alkanes of at least 4 members (excludes halogenated alkanes) is 7. The van der Waals surface area contributed by atoms with Crippen molar-refractivity contribution in [2.45, 2.75) is 155 Å². The Labute approximate surface area is 456 Å². The summed E-state index contributed by atoms with van der Waals surface area (Å²) in [7, 11) is 0. The van der Waals surface area contributed by atoms with Crippen LogP contribution in [0.15, 0.2) is 156 Å². The molecule has 0 unspecified atom stereocenters. The third kappa shape index (κ3) is 9.81. The van der Waals surface area contributed by atoms with Crippen molar-refractivity contribution in [1.82, 2.24) is 0 Å². The molecule has 390 valence electrons. The molecule has 1 amide bonds. The summed E-state index contributed by atoms with van der Waals surface area (Å²) in [5, 5.41) is 15.8. The van der Waals surface area contributed by atoms with E-state index < -0.39 is 11.9 Å². The Morgan fingerprint density at radius 3 is 1.55 bits per heavy atom. The van der Waals surface area contributed by atoms with Crippen molar-refractivity contribution in [3.8, 4) is 32.7 Å². The van der Waals surface area contributed by atoms with Gasteiger partial charge in [-0.15, -0.1) is 11.3 Å². The van der Waals surface area contributed by atoms with Crippen LogP contribution in [0, 0.1) is 0 Å². The van der Waals surface area contributed by atoms with Gasteiger partial charge in [0.2, 0.25) is 0 Å². The molecule has 1 aliphatic heterocycles. The Kier molecular flexibility index (Phi) is 16.1. The highest BCUT2D eigenvalue weighted by Gasteiger charge is 2.44. The Morgan fingerprint density at radius 1 is 0.553 bits per heavy atom. The fourth-order valence-electron chi connectivity index (χ4n) is 12.9. The summed E-state index contributed by atoms with van der Waals surface area (Å²) in [5.41, 5.74) is 17.4. The maximum Gasteiger partial charge on any atom is 0.357 e. The summed E-state index contributed by atoms with van der Waals surface area (Å²) in [4.78, 5) is 31.0. The minimum atomic E-state index is -1.23. The first-order valence-electron chi connectivity index (χ1n) is 28.7. The molecule has 1 N–H and O–H groups in total. The molecule has 76 heavy (non-hydrogen) atoms. The first kappa shape index (κ1) is 52.6. The molecule has 0 radical (unpaired) electrons. The lowest BCUT2D eigenvalue weighted by Gasteiger charge is -2.35. The Morgan fingerprint density at radius 2 is 1.04 bits per heavy atom. The molecule has 7 aromatic rings. The van der Waals surface area contributed by atoms with Crippen LogP contribution in [0.4, 0.5) is 22.7 Å². The van der Waals surface area contributed by atoms with E-state index >= 15 is 0 Å². The molecule has 2 heterocycles. The van der Waals surface area contributed by atoms with Crippen LogP contribution in [-0.4, -0.2) is 22.7 Å². The van der Waals surface area contributed by atoms with Crippen molar-refractivity contribution in [3.05, 3.63) is 184 Å². The van der Waals surface area contributed by atoms with Crippen LogP contribution in [-0.2, 0) is 26.8 Å². The molecule has 1 aromatic heterocycles. The molecule has 3 aliphatic rings. The Balaban J connectivity index is 1.11. The van der Waals surface area contributed by atoms with E-state index in [4.69, 9.17) is 0 Å². The summed E-state index contributed by atoms with van der Waals surface area (Å²) in [6.45, 7) is 11.5. The first-order valence-corrected chi connectivity index (χ1v) is 29.5. The van der Waals surface area contributed by atoms with E-state index in [1.807, 2.05) is 18.2 Å². The lowest BCUT2D eigenvalue weighted by atomic mass is 9.70. The highest BCUT2D eigenvalue weighted by molar-refractivity contribution is 7.16. The van der Waals surface area contributed by atoms with E-state index in [1.165, 1.54) is 98.6 Å². The third-order valence-corrected chi connectivity index (χ3v) is 17.9. The van der Waals surface area contributed by atoms with Gasteiger partial charge < -0.3 is 10.0 Å². The van der Waals surface area contributed by atoms with Crippen LogP contribution >= 0.6 is 11.3 Å². The largest absolute Gasteiger partial charge is 0.476 e. The van der Waals surface area contributed by atoms with Gasteiger partial charge >= 0.3 is 5.97 Å². The quantitative estimate of drug-likeness (QED) is 0.0483. The number of rotatable bonds is 24. The van der Waals surface area contributed by atoms with E-state index in [0.29, 0.717) is 5.69 Å². The molecule has 2 aliphatic carbocycles. The van der Waals surface area contributed by atoms with Crippen molar-refractivity contribution >= 4 is 57.8 Å². The molecule has 0 bridgehead atoms. The molecule has 0 fully saturated rings. The van der Waals surface area contributed by atoms with Crippen molar-refractivity contribution in [1.29, 1.82) is 0 Å². The second kappa shape index (κ2) is 23.2. The van der Waals surface area contributed by atoms with Crippen molar-refractivity contribution in [2.75, 3.05) is 9.91 Å². The van der Waals surface area contributed by atoms with Gasteiger partial charge in [-0.3, -0.25) is 4.79 Å². The minimum absolute atomic E-state index is 0.0573. The molecule has 0 spiro atoms. The number of anilines is 4. The summed E-state index contributed by atoms with van der Waals surface area (Å²) < 4.78 is 0. The number of aliphatic carboxylic acids is 1. The average Bonchev–Trinajstić information content (AvgIpc) is 4.31. The topological polar surface area (TPSA) is 73.2 Å². The van der Waals surface area contributed by atoms with Gasteiger partial charge in [0.15, 0.2) is 5.71 Å². The van der Waals surface area contributed by atoms with Gasteiger partial charge in [-0.2, -0.15) is 10.1 Å². The van der Waals surface area contributed by atoms with Gasteiger partial charge in [-0.1, -0.05) is 196 Å². The molecule has 6 aromatic carbocycles. The summed E-state index contributed by atoms with van der Waals surface area (Å²) in [6, 6.07) is 53.5. The number of para-hydroxylation sites is 1. The molecule has 0 atom stereocenters. The summed E-state index contributed by atoms with van der Waals surface area (Å²) >= 11 is 1.61. The number of benzene rings is 6. The number of amides is 1. The van der Waals surface area contributed by atoms with Gasteiger partial charge in [-0.25, -0.2) is 4.79 Å². The Hall–Kier alpha value is -6.83. The lowest BCUT2D eigenvalue weighted by Crippen LogP contribution is -2.26. The SMILES string of the molecule is CCCCCCc1cc(C=C2C(=O)N(c3ccccc3)N=C2C(=O)O)sc1-c1ccc(N(c2ccc3c(c2)C(CCCC)(CCCC)c2ccccc2-3)c2ccc3c(c2)C(CCCC)(CCCC)c2ccccc2-3)cc1. The van der Waals surface area contributed by atoms with Gasteiger partial charge in [0.05, 0.1) is 11.3 Å². The minimum Gasteiger partial charge on any atom is -0.476 e. The number of fused-ring (bicyclic) bond motifs is 6. The molecule has 0 saturated heterocycles. The number of hydrazone groups is 1. The van der Waals surface area contributed by atoms with Crippen LogP contribution in [0.1, 0.15) is 170 Å². The zero-order valence-corrected chi connectivity index (χ0v) is 46.3. The zero-order valence-electron chi connectivity index (χ0n) is 45.5. The first-order chi connectivity index (χ1) is 37.2. The van der Waals surface area contributed by atoms with Gasteiger partial charge in [0.1, 0.15) is 0 Å². The van der Waals surface area contributed by atoms with Gasteiger partial charge in [0.25, 0.3) is 5.91 Å². The average molecular weight is 1030 g/mol. The second-order valence-corrected chi connectivity index (χ2v) is 22.7. The summed E-state index contributed by atoms with van der Waals surface area (Å²) in [5.74, 6) is -1.67. The Bertz CT molecular complexity index is 3140. The number of hydrogen-bond donors (Lipinski definition) is 1. The molecule has 6 nitrogen and oxygen atoms in total. The monoisotopic (exact) mass is 1030 g/mol. The number of aryl methyl sites for hydroxylation is 1. The number of nitrogens with zero attached hydrogens (tertiary/aromatic N) is 3. The van der Waals surface area contributed by atoms with Crippen LogP contribution in [0.5, 0.6) is 0 Å². The van der Waals surface area contributed by atoms with Crippen molar-refractivity contribution in [3.63, 3.8) is 0 Å². The number of hydrogen-bond acceptors (Lipinski definition) is 5. The van der Waals surface area contributed by atoms with E-state index in [9.17, 15) is 14.7 Å². The molecular formula is C69H75N3O3S. The summed E-state index contributed by atoms with van der Waals surface area (Å²) in [6.07, 6.45) is 21.0. The predicted molar refractivity (Wildman–Crippen MR) is 320 cm³/mol. The van der Waals surface area contributed by atoms with Crippen LogP contribution in [0.25, 0.3) is 38.8 Å². The highest BCUT2D eigenvalue weighted by Crippen LogP contribution is 2.58. The maximum atomic E-state index is 13.9. The fourth-order valence-corrected chi connectivity index (χ4v) is 14.1. The predicted octanol–water partition coefficient (Wildman–Crippen LogP) is 19.2. The molecule has 0 saturated carbocycles. The lowest BCUT2D eigenvalue weighted by molar-refractivity contribution is -0.129. The molecule has 10 rings (SSSR count). The number of carboxylic acids is 1. The second-order valence-electron chi connectivity index (χ2n) is 21.6. The highest BCUT2D eigenvalue weighted by atomic mass is 32.1. The van der Waals surface area contributed by atoms with Crippen LogP contribution in [0.2, 0.25) is 0 Å². The van der Waals surface area contributed by atoms with Crippen LogP contribution < -0.4 is 9.91 Å². The number of carbonyl (C=O) groups excluding carboxylic acids is 1. The van der Waals surface area contributed by atoms with E-state index in [2.05, 4.69) is 160 Å². The fraction of sp³-hybridized carbons (Fsp3) is 0.348. The zero-order chi connectivity index (χ0) is 52.8. The number of carbonyl (C=O) groups is 2. The standard InChI is InChI=1S/C69H75N3O3S/c1-6-11-16-18-25-49-44-54(47-59-64(67(74)75)70-72(66(59)73)51-26-19-17-20-27-51)76-65(49)48-32-34-50(35-33-48)71(52-36-38-57-55-28-21-23-30-60(55)68(40-12-7-2,41-13-8-3)62(57)45-52)53-37-39-58-56-29-22-24-31-61(56)69(42-14-9-4,43-15-10-5)63(58)46-53/h17,19-24,26-39,44-47H,6-16,18,25,40-43H2,1-5H3,(H,74,75).